The molecule has 0 aliphatic carbocycles. The summed E-state index contributed by atoms with van der Waals surface area (Å²) in [6.45, 7) is 6.84. The van der Waals surface area contributed by atoms with Gasteiger partial charge in [0.15, 0.2) is 5.65 Å². The van der Waals surface area contributed by atoms with Crippen LogP contribution in [-0.4, -0.2) is 33.6 Å². The number of hydrogen-bond acceptors (Lipinski definition) is 5. The van der Waals surface area contributed by atoms with E-state index in [4.69, 9.17) is 4.74 Å². The Hall–Kier alpha value is -3.42. The predicted octanol–water partition coefficient (Wildman–Crippen LogP) is 2.43. The number of benzene rings is 1. The second-order valence-electron chi connectivity index (χ2n) is 7.22. The van der Waals surface area contributed by atoms with E-state index in [9.17, 15) is 14.4 Å². The maximum atomic E-state index is 12.9. The number of pyridine rings is 1. The van der Waals surface area contributed by atoms with Crippen molar-refractivity contribution in [3.8, 4) is 5.75 Å². The van der Waals surface area contributed by atoms with Crippen molar-refractivity contribution in [2.24, 2.45) is 0 Å². The molecule has 30 heavy (non-hydrogen) atoms. The normalized spacial score (nSPS) is 11.1. The molecule has 0 saturated carbocycles. The third-order valence-electron chi connectivity index (χ3n) is 4.74. The number of fused-ring (bicyclic) bond motifs is 1. The summed E-state index contributed by atoms with van der Waals surface area (Å²) in [5.41, 5.74) is -0.0497. The summed E-state index contributed by atoms with van der Waals surface area (Å²) in [4.78, 5) is 44.3. The summed E-state index contributed by atoms with van der Waals surface area (Å²) in [6, 6.07) is 11.1. The molecule has 8 nitrogen and oxygen atoms in total. The van der Waals surface area contributed by atoms with Crippen molar-refractivity contribution < 1.29 is 9.53 Å². The highest BCUT2D eigenvalue weighted by molar-refractivity contribution is 6.05. The molecule has 0 spiro atoms. The first kappa shape index (κ1) is 21.3. The Morgan fingerprint density at radius 2 is 1.97 bits per heavy atom. The Kier molecular flexibility index (Phi) is 6.66. The monoisotopic (exact) mass is 410 g/mol. The second kappa shape index (κ2) is 9.39. The molecule has 0 fully saturated rings. The lowest BCUT2D eigenvalue weighted by Crippen LogP contribution is -2.33. The van der Waals surface area contributed by atoms with Crippen LogP contribution in [0.4, 0.5) is 0 Å². The number of ether oxygens (including phenoxy) is 1. The Bertz CT molecular complexity index is 1150. The van der Waals surface area contributed by atoms with Crippen LogP contribution in [0.15, 0.2) is 46.0 Å². The Morgan fingerprint density at radius 1 is 1.23 bits per heavy atom. The third-order valence-corrected chi connectivity index (χ3v) is 4.74. The van der Waals surface area contributed by atoms with Crippen LogP contribution in [-0.2, 0) is 6.54 Å². The molecule has 2 N–H and O–H groups in total. The van der Waals surface area contributed by atoms with Crippen molar-refractivity contribution in [3.63, 3.8) is 0 Å². The molecule has 0 saturated heterocycles. The van der Waals surface area contributed by atoms with Gasteiger partial charge in [-0.25, -0.2) is 9.78 Å². The summed E-state index contributed by atoms with van der Waals surface area (Å²) >= 11 is 0. The molecule has 1 aromatic carbocycles. The Morgan fingerprint density at radius 3 is 2.63 bits per heavy atom. The smallest absolute Gasteiger partial charge is 0.329 e. The van der Waals surface area contributed by atoms with Crippen LogP contribution < -0.4 is 21.3 Å². The molecule has 8 heteroatoms. The number of hydrogen-bond donors (Lipinski definition) is 2. The standard InChI is InChI=1S/C22H26N4O4/c1-4-26-19-18(21(28)25-22(26)29)16(13-17(24-19)14(2)3)20(27)23-11-8-12-30-15-9-6-5-7-10-15/h5-7,9-10,13-14H,4,8,11-12H2,1-3H3,(H,23,27)(H,25,28,29). The molecule has 0 aliphatic heterocycles. The zero-order valence-corrected chi connectivity index (χ0v) is 17.4. The molecule has 2 heterocycles. The van der Waals surface area contributed by atoms with Gasteiger partial charge in [0.2, 0.25) is 0 Å². The highest BCUT2D eigenvalue weighted by atomic mass is 16.5. The minimum absolute atomic E-state index is 0.0277. The van der Waals surface area contributed by atoms with Crippen molar-refractivity contribution in [3.05, 3.63) is 68.5 Å². The van der Waals surface area contributed by atoms with E-state index >= 15 is 0 Å². The lowest BCUT2D eigenvalue weighted by atomic mass is 10.0. The van der Waals surface area contributed by atoms with Crippen LogP contribution >= 0.6 is 0 Å². The zero-order chi connectivity index (χ0) is 21.7. The van der Waals surface area contributed by atoms with E-state index in [1.54, 1.807) is 13.0 Å². The minimum Gasteiger partial charge on any atom is -0.494 e. The lowest BCUT2D eigenvalue weighted by Gasteiger charge is -2.14. The molecule has 1 amide bonds. The van der Waals surface area contributed by atoms with Crippen molar-refractivity contribution >= 4 is 16.9 Å². The average molecular weight is 410 g/mol. The molecule has 0 unspecified atom stereocenters. The Labute approximate surface area is 173 Å². The van der Waals surface area contributed by atoms with Gasteiger partial charge in [-0.2, -0.15) is 0 Å². The van der Waals surface area contributed by atoms with Gasteiger partial charge in [-0.3, -0.25) is 19.1 Å². The summed E-state index contributed by atoms with van der Waals surface area (Å²) in [5.74, 6) is 0.422. The number of aromatic nitrogens is 3. The van der Waals surface area contributed by atoms with Crippen molar-refractivity contribution in [2.45, 2.75) is 39.7 Å². The number of H-pyrrole nitrogens is 1. The number of carbonyl (C=O) groups excluding carboxylic acids is 1. The highest BCUT2D eigenvalue weighted by Gasteiger charge is 2.19. The quantitative estimate of drug-likeness (QED) is 0.555. The largest absolute Gasteiger partial charge is 0.494 e. The number of aromatic amines is 1. The van der Waals surface area contributed by atoms with Gasteiger partial charge >= 0.3 is 5.69 Å². The van der Waals surface area contributed by atoms with E-state index in [2.05, 4.69) is 15.3 Å². The van der Waals surface area contributed by atoms with Gasteiger partial charge in [0.1, 0.15) is 5.75 Å². The lowest BCUT2D eigenvalue weighted by molar-refractivity contribution is 0.0953. The SMILES string of the molecule is CCn1c(=O)[nH]c(=O)c2c(C(=O)NCCCOc3ccccc3)cc(C(C)C)nc21. The molecular weight excluding hydrogens is 384 g/mol. The van der Waals surface area contributed by atoms with Crippen LogP contribution in [0.25, 0.3) is 11.0 Å². The van der Waals surface area contributed by atoms with Gasteiger partial charge < -0.3 is 10.1 Å². The first-order chi connectivity index (χ1) is 14.4. The van der Waals surface area contributed by atoms with Gasteiger partial charge in [0.25, 0.3) is 11.5 Å². The van der Waals surface area contributed by atoms with Crippen molar-refractivity contribution in [1.29, 1.82) is 0 Å². The van der Waals surface area contributed by atoms with E-state index in [0.29, 0.717) is 31.8 Å². The predicted molar refractivity (Wildman–Crippen MR) is 115 cm³/mol. The van der Waals surface area contributed by atoms with Crippen molar-refractivity contribution in [1.82, 2.24) is 19.9 Å². The van der Waals surface area contributed by atoms with Gasteiger partial charge in [-0.05, 0) is 37.5 Å². The van der Waals surface area contributed by atoms with E-state index in [0.717, 1.165) is 5.75 Å². The maximum Gasteiger partial charge on any atom is 0.329 e. The molecular formula is C22H26N4O4. The first-order valence-corrected chi connectivity index (χ1v) is 10.1. The molecule has 2 aromatic heterocycles. The van der Waals surface area contributed by atoms with Crippen LogP contribution in [0.1, 0.15) is 49.2 Å². The zero-order valence-electron chi connectivity index (χ0n) is 17.4. The number of rotatable bonds is 8. The molecule has 0 bridgehead atoms. The average Bonchev–Trinajstić information content (AvgIpc) is 2.73. The van der Waals surface area contributed by atoms with Gasteiger partial charge in [0.05, 0.1) is 17.6 Å². The third kappa shape index (κ3) is 4.59. The molecule has 0 radical (unpaired) electrons. The van der Waals surface area contributed by atoms with E-state index in [-0.39, 0.29) is 28.4 Å². The number of amides is 1. The Balaban J connectivity index is 1.82. The second-order valence-corrected chi connectivity index (χ2v) is 7.22. The number of nitrogens with one attached hydrogen (secondary N) is 2. The topological polar surface area (TPSA) is 106 Å². The highest BCUT2D eigenvalue weighted by Crippen LogP contribution is 2.19. The summed E-state index contributed by atoms with van der Waals surface area (Å²) in [7, 11) is 0. The van der Waals surface area contributed by atoms with Crippen LogP contribution in [0.3, 0.4) is 0 Å². The summed E-state index contributed by atoms with van der Waals surface area (Å²) in [6.07, 6.45) is 0.608. The number of aryl methyl sites for hydroxylation is 1. The van der Waals surface area contributed by atoms with Gasteiger partial charge in [0, 0.05) is 18.8 Å². The number of nitrogens with zero attached hydrogens (tertiary/aromatic N) is 2. The van der Waals surface area contributed by atoms with E-state index in [1.807, 2.05) is 44.2 Å². The van der Waals surface area contributed by atoms with E-state index in [1.165, 1.54) is 4.57 Å². The van der Waals surface area contributed by atoms with E-state index < -0.39 is 11.2 Å². The fourth-order valence-corrected chi connectivity index (χ4v) is 3.14. The number of para-hydroxylation sites is 1. The summed E-state index contributed by atoms with van der Waals surface area (Å²) < 4.78 is 6.99. The van der Waals surface area contributed by atoms with Crippen LogP contribution in [0.2, 0.25) is 0 Å². The van der Waals surface area contributed by atoms with Gasteiger partial charge in [-0.1, -0.05) is 32.0 Å². The van der Waals surface area contributed by atoms with Crippen LogP contribution in [0, 0.1) is 0 Å². The summed E-state index contributed by atoms with van der Waals surface area (Å²) in [5, 5.41) is 2.96. The van der Waals surface area contributed by atoms with Gasteiger partial charge in [-0.15, -0.1) is 0 Å². The fraction of sp³-hybridized carbons (Fsp3) is 0.364. The van der Waals surface area contributed by atoms with Crippen LogP contribution in [0.5, 0.6) is 5.75 Å². The minimum atomic E-state index is -0.611. The fourth-order valence-electron chi connectivity index (χ4n) is 3.14. The molecule has 3 rings (SSSR count). The first-order valence-electron chi connectivity index (χ1n) is 10.1. The molecule has 3 aromatic rings. The molecule has 0 atom stereocenters. The number of carbonyl (C=O) groups is 1. The molecule has 0 aliphatic rings. The van der Waals surface area contributed by atoms with Crippen molar-refractivity contribution in [2.75, 3.05) is 13.2 Å². The maximum absolute atomic E-state index is 12.9. The molecule has 158 valence electrons.